The molecule has 2 unspecified atom stereocenters. The number of rotatable bonds is 6. The number of carbonyl (C=O) groups is 1. The first kappa shape index (κ1) is 15.6. The molecule has 2 atom stereocenters. The van der Waals surface area contributed by atoms with Crippen LogP contribution in [0.2, 0.25) is 0 Å². The van der Waals surface area contributed by atoms with Gasteiger partial charge in [0.25, 0.3) is 5.56 Å². The summed E-state index contributed by atoms with van der Waals surface area (Å²) >= 11 is 1.18. The van der Waals surface area contributed by atoms with Crippen molar-refractivity contribution in [2.24, 2.45) is 0 Å². The van der Waals surface area contributed by atoms with Gasteiger partial charge in [0.05, 0.1) is 5.25 Å². The van der Waals surface area contributed by atoms with Crippen molar-refractivity contribution in [3.8, 4) is 0 Å². The maximum absolute atomic E-state index is 11.9. The molecule has 0 aliphatic heterocycles. The minimum absolute atomic E-state index is 0.0731. The van der Waals surface area contributed by atoms with Gasteiger partial charge in [0.15, 0.2) is 5.16 Å². The average molecular weight is 284 g/mol. The summed E-state index contributed by atoms with van der Waals surface area (Å²) in [5.74, 6) is 0.0780. The number of H-pyrrole nitrogens is 1. The van der Waals surface area contributed by atoms with Gasteiger partial charge >= 0.3 is 0 Å². The number of aromatic nitrogens is 2. The molecule has 0 saturated heterocycles. The highest BCUT2D eigenvalue weighted by Crippen LogP contribution is 2.19. The predicted molar refractivity (Wildman–Crippen MR) is 77.1 cm³/mol. The molecule has 0 fully saturated rings. The molecule has 0 saturated carbocycles. The summed E-state index contributed by atoms with van der Waals surface area (Å²) in [4.78, 5) is 29.7. The highest BCUT2D eigenvalue weighted by molar-refractivity contribution is 8.00. The van der Waals surface area contributed by atoms with Crippen LogP contribution in [0.5, 0.6) is 0 Å². The third-order valence-corrected chi connectivity index (χ3v) is 3.49. The summed E-state index contributed by atoms with van der Waals surface area (Å²) < 4.78 is 0. The van der Waals surface area contributed by atoms with E-state index >= 15 is 0 Å². The molecule has 7 heteroatoms. The van der Waals surface area contributed by atoms with Crippen LogP contribution < -0.4 is 16.6 Å². The van der Waals surface area contributed by atoms with E-state index in [-0.39, 0.29) is 28.6 Å². The van der Waals surface area contributed by atoms with Gasteiger partial charge in [0.2, 0.25) is 5.91 Å². The summed E-state index contributed by atoms with van der Waals surface area (Å²) in [5, 5.41) is 2.93. The number of nitrogens with zero attached hydrogens (tertiary/aromatic N) is 1. The molecule has 0 bridgehead atoms. The lowest BCUT2D eigenvalue weighted by molar-refractivity contribution is -0.120. The fourth-order valence-corrected chi connectivity index (χ4v) is 2.42. The van der Waals surface area contributed by atoms with E-state index in [1.165, 1.54) is 17.8 Å². The lowest BCUT2D eigenvalue weighted by atomic mass is 10.2. The fraction of sp³-hybridized carbons (Fsp3) is 0.583. The lowest BCUT2D eigenvalue weighted by Gasteiger charge is -2.16. The third-order valence-electron chi connectivity index (χ3n) is 2.51. The van der Waals surface area contributed by atoms with Crippen LogP contribution in [0.3, 0.4) is 0 Å². The summed E-state index contributed by atoms with van der Waals surface area (Å²) in [6.45, 7) is 5.81. The molecule has 1 aromatic heterocycles. The van der Waals surface area contributed by atoms with Gasteiger partial charge in [-0.05, 0) is 20.3 Å². The minimum Gasteiger partial charge on any atom is -0.383 e. The van der Waals surface area contributed by atoms with Crippen LogP contribution in [0, 0.1) is 0 Å². The number of nitrogen functional groups attached to an aromatic ring is 1. The Morgan fingerprint density at radius 2 is 2.26 bits per heavy atom. The third kappa shape index (κ3) is 5.34. The highest BCUT2D eigenvalue weighted by atomic mass is 32.2. The first-order chi connectivity index (χ1) is 8.92. The molecule has 0 aliphatic carbocycles. The van der Waals surface area contributed by atoms with Crippen molar-refractivity contribution in [3.05, 3.63) is 16.4 Å². The molecular formula is C12H20N4O2S. The number of nitrogens with one attached hydrogen (secondary N) is 2. The molecule has 1 heterocycles. The standard InChI is InChI=1S/C12H20N4O2S/c1-4-5-7(2)14-11(18)8(3)19-12-15-9(13)6-10(17)16-12/h6-8H,4-5H2,1-3H3,(H,14,18)(H3,13,15,16,17). The lowest BCUT2D eigenvalue weighted by Crippen LogP contribution is -2.37. The van der Waals surface area contributed by atoms with Crippen molar-refractivity contribution in [1.82, 2.24) is 15.3 Å². The predicted octanol–water partition coefficient (Wildman–Crippen LogP) is 1.14. The van der Waals surface area contributed by atoms with Crippen molar-refractivity contribution < 1.29 is 4.79 Å². The molecule has 0 spiro atoms. The first-order valence-corrected chi connectivity index (χ1v) is 7.14. The Morgan fingerprint density at radius 1 is 1.58 bits per heavy atom. The van der Waals surface area contributed by atoms with Crippen molar-refractivity contribution in [1.29, 1.82) is 0 Å². The number of thioether (sulfide) groups is 1. The van der Waals surface area contributed by atoms with Gasteiger partial charge in [-0.25, -0.2) is 4.98 Å². The summed E-state index contributed by atoms with van der Waals surface area (Å²) in [6.07, 6.45) is 1.96. The topological polar surface area (TPSA) is 101 Å². The molecule has 19 heavy (non-hydrogen) atoms. The Kier molecular flexibility index (Phi) is 5.88. The second kappa shape index (κ2) is 7.18. The second-order valence-corrected chi connectivity index (χ2v) is 5.76. The molecule has 106 valence electrons. The van der Waals surface area contributed by atoms with Crippen molar-refractivity contribution >= 4 is 23.5 Å². The monoisotopic (exact) mass is 284 g/mol. The average Bonchev–Trinajstić information content (AvgIpc) is 2.27. The Balaban J connectivity index is 2.61. The summed E-state index contributed by atoms with van der Waals surface area (Å²) in [6, 6.07) is 1.35. The van der Waals surface area contributed by atoms with Crippen molar-refractivity contribution in [2.45, 2.75) is 50.1 Å². The zero-order valence-electron chi connectivity index (χ0n) is 11.4. The van der Waals surface area contributed by atoms with Crippen LogP contribution >= 0.6 is 11.8 Å². The van der Waals surface area contributed by atoms with E-state index in [1.807, 2.05) is 6.92 Å². The number of carbonyl (C=O) groups excluding carboxylic acids is 1. The smallest absolute Gasteiger partial charge is 0.253 e. The number of hydrogen-bond acceptors (Lipinski definition) is 5. The quantitative estimate of drug-likeness (QED) is 0.537. The maximum Gasteiger partial charge on any atom is 0.253 e. The number of aromatic amines is 1. The zero-order chi connectivity index (χ0) is 14.4. The minimum atomic E-state index is -0.343. The normalized spacial score (nSPS) is 13.8. The largest absolute Gasteiger partial charge is 0.383 e. The summed E-state index contributed by atoms with van der Waals surface area (Å²) in [7, 11) is 0. The molecule has 0 radical (unpaired) electrons. The highest BCUT2D eigenvalue weighted by Gasteiger charge is 2.17. The van der Waals surface area contributed by atoms with E-state index < -0.39 is 0 Å². The molecule has 1 aromatic rings. The van der Waals surface area contributed by atoms with Crippen LogP contribution in [0.4, 0.5) is 5.82 Å². The van der Waals surface area contributed by atoms with Crippen LogP contribution in [-0.4, -0.2) is 27.2 Å². The SMILES string of the molecule is CCCC(C)NC(=O)C(C)Sc1nc(N)cc(=O)[nH]1. The van der Waals surface area contributed by atoms with Gasteiger partial charge in [-0.15, -0.1) is 0 Å². The Morgan fingerprint density at radius 3 is 2.84 bits per heavy atom. The Hall–Kier alpha value is -1.50. The molecule has 1 rings (SSSR count). The Bertz CT molecular complexity index is 489. The van der Waals surface area contributed by atoms with E-state index in [4.69, 9.17) is 5.73 Å². The number of hydrogen-bond donors (Lipinski definition) is 3. The van der Waals surface area contributed by atoms with E-state index in [0.717, 1.165) is 12.8 Å². The second-order valence-electron chi connectivity index (χ2n) is 4.43. The number of anilines is 1. The van der Waals surface area contributed by atoms with Crippen LogP contribution in [0.1, 0.15) is 33.6 Å². The van der Waals surface area contributed by atoms with Gasteiger partial charge in [0, 0.05) is 12.1 Å². The first-order valence-electron chi connectivity index (χ1n) is 6.26. The molecule has 0 aromatic carbocycles. The molecule has 6 nitrogen and oxygen atoms in total. The number of nitrogens with two attached hydrogens (primary N) is 1. The molecule has 0 aliphatic rings. The van der Waals surface area contributed by atoms with E-state index in [1.54, 1.807) is 6.92 Å². The van der Waals surface area contributed by atoms with E-state index in [0.29, 0.717) is 5.16 Å². The fourth-order valence-electron chi connectivity index (χ4n) is 1.60. The van der Waals surface area contributed by atoms with Gasteiger partial charge in [0.1, 0.15) is 5.82 Å². The number of amides is 1. The molecule has 4 N–H and O–H groups in total. The summed E-state index contributed by atoms with van der Waals surface area (Å²) in [5.41, 5.74) is 5.17. The van der Waals surface area contributed by atoms with Crippen molar-refractivity contribution in [3.63, 3.8) is 0 Å². The maximum atomic E-state index is 11.9. The van der Waals surface area contributed by atoms with Gasteiger partial charge < -0.3 is 16.0 Å². The molecular weight excluding hydrogens is 264 g/mol. The van der Waals surface area contributed by atoms with E-state index in [9.17, 15) is 9.59 Å². The van der Waals surface area contributed by atoms with Crippen LogP contribution in [0.15, 0.2) is 16.0 Å². The van der Waals surface area contributed by atoms with Crippen LogP contribution in [-0.2, 0) is 4.79 Å². The Labute approximate surface area is 116 Å². The van der Waals surface area contributed by atoms with Crippen molar-refractivity contribution in [2.75, 3.05) is 5.73 Å². The molecule has 1 amide bonds. The van der Waals surface area contributed by atoms with E-state index in [2.05, 4.69) is 22.2 Å². The van der Waals surface area contributed by atoms with Gasteiger partial charge in [-0.3, -0.25) is 9.59 Å². The zero-order valence-corrected chi connectivity index (χ0v) is 12.2. The van der Waals surface area contributed by atoms with Gasteiger partial charge in [-0.1, -0.05) is 25.1 Å². The van der Waals surface area contributed by atoms with Crippen LogP contribution in [0.25, 0.3) is 0 Å². The van der Waals surface area contributed by atoms with Gasteiger partial charge in [-0.2, -0.15) is 0 Å².